The summed E-state index contributed by atoms with van der Waals surface area (Å²) in [6.07, 6.45) is 3.57. The van der Waals surface area contributed by atoms with Gasteiger partial charge >= 0.3 is 0 Å². The highest BCUT2D eigenvalue weighted by molar-refractivity contribution is 6.30. The maximum absolute atomic E-state index is 6.11. The van der Waals surface area contributed by atoms with Crippen molar-refractivity contribution >= 4 is 45.2 Å². The molecule has 0 fully saturated rings. The Balaban J connectivity index is 1.71. The lowest BCUT2D eigenvalue weighted by atomic mass is 10.2. The number of hydrogen-bond donors (Lipinski definition) is 2. The monoisotopic (exact) mass is 374 g/mol. The molecule has 27 heavy (non-hydrogen) atoms. The van der Waals surface area contributed by atoms with E-state index in [9.17, 15) is 0 Å². The molecular weight excluding hydrogens is 360 g/mol. The smallest absolute Gasteiger partial charge is 0.145 e. The topological polar surface area (TPSA) is 71.4 Å². The van der Waals surface area contributed by atoms with Crippen LogP contribution in [0.3, 0.4) is 0 Å². The van der Waals surface area contributed by atoms with Gasteiger partial charge in [-0.05, 0) is 30.3 Å². The number of rotatable bonds is 3. The number of para-hydroxylation sites is 2. The third-order valence-corrected chi connectivity index (χ3v) is 4.72. The van der Waals surface area contributed by atoms with E-state index in [2.05, 4.69) is 20.3 Å². The molecule has 2 aromatic carbocycles. The zero-order chi connectivity index (χ0) is 18.4. The summed E-state index contributed by atoms with van der Waals surface area (Å²) in [5.41, 5.74) is 4.54. The third-order valence-electron chi connectivity index (χ3n) is 4.49. The summed E-state index contributed by atoms with van der Waals surface area (Å²) in [7, 11) is 1.96. The Morgan fingerprint density at radius 1 is 1.07 bits per heavy atom. The van der Waals surface area contributed by atoms with E-state index in [1.807, 2.05) is 66.3 Å². The lowest BCUT2D eigenvalue weighted by molar-refractivity contribution is 0.944. The number of nitrogens with one attached hydrogen (secondary N) is 2. The maximum Gasteiger partial charge on any atom is 0.145 e. The summed E-state index contributed by atoms with van der Waals surface area (Å²) in [5.74, 6) is 1.49. The SMILES string of the molecule is Cn1cc(-c2nc3ccccc3[nH]2)c2c(Nc3cccc(Cl)c3)ncnc21. The molecule has 132 valence electrons. The molecule has 0 aliphatic carbocycles. The van der Waals surface area contributed by atoms with Crippen LogP contribution < -0.4 is 5.32 Å². The van der Waals surface area contributed by atoms with Crippen LogP contribution in [-0.4, -0.2) is 24.5 Å². The first kappa shape index (κ1) is 15.8. The number of anilines is 2. The Morgan fingerprint density at radius 2 is 1.96 bits per heavy atom. The summed E-state index contributed by atoms with van der Waals surface area (Å²) >= 11 is 6.11. The lowest BCUT2D eigenvalue weighted by Crippen LogP contribution is -1.97. The molecule has 5 aromatic rings. The Bertz CT molecular complexity index is 1250. The third kappa shape index (κ3) is 2.71. The van der Waals surface area contributed by atoms with E-state index in [1.54, 1.807) is 6.33 Å². The molecule has 3 heterocycles. The fourth-order valence-corrected chi connectivity index (χ4v) is 3.46. The predicted octanol–water partition coefficient (Wildman–Crippen LogP) is 4.91. The largest absolute Gasteiger partial charge is 0.340 e. The van der Waals surface area contributed by atoms with Gasteiger partial charge in [-0.1, -0.05) is 29.8 Å². The number of imidazole rings is 1. The van der Waals surface area contributed by atoms with Crippen molar-refractivity contribution in [2.75, 3.05) is 5.32 Å². The van der Waals surface area contributed by atoms with Gasteiger partial charge in [0.1, 0.15) is 23.6 Å². The number of benzene rings is 2. The fourth-order valence-electron chi connectivity index (χ4n) is 3.27. The molecule has 5 rings (SSSR count). The van der Waals surface area contributed by atoms with Gasteiger partial charge in [-0.15, -0.1) is 0 Å². The second-order valence-corrected chi connectivity index (χ2v) is 6.75. The van der Waals surface area contributed by atoms with Crippen LogP contribution in [0.2, 0.25) is 5.02 Å². The highest BCUT2D eigenvalue weighted by atomic mass is 35.5. The van der Waals surface area contributed by atoms with E-state index in [0.717, 1.165) is 39.1 Å². The minimum absolute atomic E-state index is 0.663. The summed E-state index contributed by atoms with van der Waals surface area (Å²) in [6.45, 7) is 0. The quantitative estimate of drug-likeness (QED) is 0.470. The molecule has 0 atom stereocenters. The fraction of sp³-hybridized carbons (Fsp3) is 0.0500. The molecule has 2 N–H and O–H groups in total. The molecule has 0 spiro atoms. The second-order valence-electron chi connectivity index (χ2n) is 6.31. The Labute approximate surface area is 159 Å². The molecule has 7 heteroatoms. The van der Waals surface area contributed by atoms with Gasteiger partial charge in [0.25, 0.3) is 0 Å². The number of fused-ring (bicyclic) bond motifs is 2. The van der Waals surface area contributed by atoms with Crippen molar-refractivity contribution in [1.29, 1.82) is 0 Å². The van der Waals surface area contributed by atoms with Gasteiger partial charge in [-0.3, -0.25) is 0 Å². The van der Waals surface area contributed by atoms with Crippen LogP contribution in [-0.2, 0) is 7.05 Å². The van der Waals surface area contributed by atoms with E-state index in [4.69, 9.17) is 16.6 Å². The summed E-state index contributed by atoms with van der Waals surface area (Å²) in [5, 5.41) is 4.92. The first-order chi connectivity index (χ1) is 13.2. The minimum Gasteiger partial charge on any atom is -0.340 e. The molecule has 6 nitrogen and oxygen atoms in total. The standard InChI is InChI=1S/C20H15ClN6/c1-27-10-14(18-25-15-7-2-3-8-16(15)26-18)17-19(22-11-23-20(17)27)24-13-6-4-5-12(21)9-13/h2-11H,1H3,(H,25,26)(H,22,23,24). The molecule has 0 unspecified atom stereocenters. The molecule has 0 radical (unpaired) electrons. The molecule has 0 aliphatic heterocycles. The van der Waals surface area contributed by atoms with Gasteiger partial charge in [-0.2, -0.15) is 0 Å². The number of aromatic amines is 1. The first-order valence-electron chi connectivity index (χ1n) is 8.47. The number of hydrogen-bond acceptors (Lipinski definition) is 4. The molecule has 3 aromatic heterocycles. The zero-order valence-corrected chi connectivity index (χ0v) is 15.2. The van der Waals surface area contributed by atoms with Gasteiger partial charge in [0, 0.05) is 29.5 Å². The molecule has 0 saturated carbocycles. The second kappa shape index (κ2) is 6.10. The van der Waals surface area contributed by atoms with Gasteiger partial charge in [0.2, 0.25) is 0 Å². The molecule has 0 amide bonds. The number of H-pyrrole nitrogens is 1. The van der Waals surface area contributed by atoms with Crippen molar-refractivity contribution in [3.63, 3.8) is 0 Å². The van der Waals surface area contributed by atoms with Crippen molar-refractivity contribution in [1.82, 2.24) is 24.5 Å². The highest BCUT2D eigenvalue weighted by Crippen LogP contribution is 2.34. The highest BCUT2D eigenvalue weighted by Gasteiger charge is 2.17. The van der Waals surface area contributed by atoms with E-state index in [-0.39, 0.29) is 0 Å². The minimum atomic E-state index is 0.663. The zero-order valence-electron chi connectivity index (χ0n) is 14.4. The normalized spacial score (nSPS) is 11.3. The lowest BCUT2D eigenvalue weighted by Gasteiger charge is -2.08. The van der Waals surface area contributed by atoms with Gasteiger partial charge in [0.15, 0.2) is 0 Å². The van der Waals surface area contributed by atoms with Gasteiger partial charge < -0.3 is 14.9 Å². The predicted molar refractivity (Wildman–Crippen MR) is 108 cm³/mol. The van der Waals surface area contributed by atoms with Crippen LogP contribution in [0.1, 0.15) is 0 Å². The van der Waals surface area contributed by atoms with Crippen LogP contribution in [0.25, 0.3) is 33.5 Å². The number of aromatic nitrogens is 5. The van der Waals surface area contributed by atoms with Crippen LogP contribution >= 0.6 is 11.6 Å². The molecular formula is C20H15ClN6. The Kier molecular flexibility index (Phi) is 3.58. The number of aryl methyl sites for hydroxylation is 1. The van der Waals surface area contributed by atoms with E-state index >= 15 is 0 Å². The van der Waals surface area contributed by atoms with Crippen LogP contribution in [0.5, 0.6) is 0 Å². The van der Waals surface area contributed by atoms with E-state index in [0.29, 0.717) is 10.8 Å². The van der Waals surface area contributed by atoms with Crippen LogP contribution in [0, 0.1) is 0 Å². The van der Waals surface area contributed by atoms with Crippen molar-refractivity contribution in [3.05, 3.63) is 66.1 Å². The Morgan fingerprint density at radius 3 is 2.81 bits per heavy atom. The maximum atomic E-state index is 6.11. The average Bonchev–Trinajstić information content (AvgIpc) is 3.24. The van der Waals surface area contributed by atoms with Crippen molar-refractivity contribution in [2.24, 2.45) is 7.05 Å². The number of nitrogens with zero attached hydrogens (tertiary/aromatic N) is 4. The van der Waals surface area contributed by atoms with Crippen molar-refractivity contribution in [3.8, 4) is 11.4 Å². The summed E-state index contributed by atoms with van der Waals surface area (Å²) in [4.78, 5) is 17.0. The molecule has 0 saturated heterocycles. The van der Waals surface area contributed by atoms with Gasteiger partial charge in [0.05, 0.1) is 16.4 Å². The van der Waals surface area contributed by atoms with Crippen LogP contribution in [0.4, 0.5) is 11.5 Å². The molecule has 0 bridgehead atoms. The average molecular weight is 375 g/mol. The van der Waals surface area contributed by atoms with E-state index in [1.165, 1.54) is 0 Å². The first-order valence-corrected chi connectivity index (χ1v) is 8.84. The van der Waals surface area contributed by atoms with Gasteiger partial charge in [-0.25, -0.2) is 15.0 Å². The summed E-state index contributed by atoms with van der Waals surface area (Å²) in [6, 6.07) is 15.5. The number of halogens is 1. The van der Waals surface area contributed by atoms with Crippen molar-refractivity contribution < 1.29 is 0 Å². The van der Waals surface area contributed by atoms with Crippen LogP contribution in [0.15, 0.2) is 61.1 Å². The van der Waals surface area contributed by atoms with E-state index < -0.39 is 0 Å². The summed E-state index contributed by atoms with van der Waals surface area (Å²) < 4.78 is 1.97. The molecule has 0 aliphatic rings. The van der Waals surface area contributed by atoms with Crippen molar-refractivity contribution in [2.45, 2.75) is 0 Å². The Hall–Kier alpha value is -3.38.